The largest absolute Gasteiger partial charge is 0.351 e. The van der Waals surface area contributed by atoms with Crippen LogP contribution >= 0.6 is 0 Å². The number of nitrogens with zero attached hydrogens (tertiary/aromatic N) is 2. The summed E-state index contributed by atoms with van der Waals surface area (Å²) in [6.07, 6.45) is 4.13. The van der Waals surface area contributed by atoms with Crippen LogP contribution in [-0.2, 0) is 7.05 Å². The molecule has 1 N–H and O–H groups in total. The van der Waals surface area contributed by atoms with Crippen molar-refractivity contribution in [2.45, 2.75) is 19.8 Å². The average molecular weight is 313 g/mol. The highest BCUT2D eigenvalue weighted by atomic mass is 16.2. The number of aryl methyl sites for hydroxylation is 2. The number of likely N-dealkylation sites (tertiary alicyclic amines) is 1. The van der Waals surface area contributed by atoms with Crippen molar-refractivity contribution in [2.24, 2.45) is 7.05 Å². The van der Waals surface area contributed by atoms with Crippen LogP contribution in [0.1, 0.15) is 28.8 Å². The Bertz CT molecular complexity index is 789. The van der Waals surface area contributed by atoms with E-state index < -0.39 is 0 Å². The summed E-state index contributed by atoms with van der Waals surface area (Å²) in [5.74, 6) is -0.115. The van der Waals surface area contributed by atoms with Crippen molar-refractivity contribution in [3.05, 3.63) is 45.9 Å². The second kappa shape index (κ2) is 6.54. The molecule has 5 heteroatoms. The summed E-state index contributed by atoms with van der Waals surface area (Å²) in [6.45, 7) is 5.73. The van der Waals surface area contributed by atoms with Crippen molar-refractivity contribution in [2.75, 3.05) is 26.2 Å². The van der Waals surface area contributed by atoms with Gasteiger partial charge < -0.3 is 14.8 Å². The minimum Gasteiger partial charge on any atom is -0.351 e. The Labute approximate surface area is 135 Å². The van der Waals surface area contributed by atoms with Gasteiger partial charge in [-0.15, -0.1) is 0 Å². The van der Waals surface area contributed by atoms with Gasteiger partial charge in [0.15, 0.2) is 0 Å². The molecule has 1 aliphatic rings. The third kappa shape index (κ3) is 3.29. The highest BCUT2D eigenvalue weighted by molar-refractivity contribution is 6.06. The molecule has 3 rings (SSSR count). The molecule has 122 valence electrons. The predicted molar refractivity (Wildman–Crippen MR) is 91.9 cm³/mol. The van der Waals surface area contributed by atoms with E-state index in [2.05, 4.69) is 10.2 Å². The van der Waals surface area contributed by atoms with E-state index in [1.165, 1.54) is 17.4 Å². The number of rotatable bonds is 4. The first-order valence-corrected chi connectivity index (χ1v) is 8.17. The zero-order valence-corrected chi connectivity index (χ0v) is 13.8. The summed E-state index contributed by atoms with van der Waals surface area (Å²) in [6, 6.07) is 5.61. The molecule has 1 fully saturated rings. The predicted octanol–water partition coefficient (Wildman–Crippen LogP) is 1.67. The Balaban J connectivity index is 1.83. The van der Waals surface area contributed by atoms with Gasteiger partial charge in [0.1, 0.15) is 0 Å². The standard InChI is InChI=1S/C18H23N3O2/c1-13-5-6-14-15(11-13)16(12-20(2)18(14)23)17(22)19-7-10-21-8-3-4-9-21/h5-6,11-12H,3-4,7-10H2,1-2H3,(H,19,22). The van der Waals surface area contributed by atoms with Crippen LogP contribution in [0.2, 0.25) is 0 Å². The first-order chi connectivity index (χ1) is 11.1. The molecule has 0 saturated carbocycles. The fourth-order valence-electron chi connectivity index (χ4n) is 3.19. The molecule has 2 heterocycles. The lowest BCUT2D eigenvalue weighted by molar-refractivity contribution is 0.0950. The van der Waals surface area contributed by atoms with Gasteiger partial charge in [0, 0.05) is 37.1 Å². The van der Waals surface area contributed by atoms with Gasteiger partial charge >= 0.3 is 0 Å². The molecular formula is C18H23N3O2. The Kier molecular flexibility index (Phi) is 4.48. The molecule has 5 nitrogen and oxygen atoms in total. The summed E-state index contributed by atoms with van der Waals surface area (Å²) in [5, 5.41) is 4.30. The van der Waals surface area contributed by atoms with Crippen LogP contribution in [-0.4, -0.2) is 41.6 Å². The van der Waals surface area contributed by atoms with Crippen LogP contribution in [0.4, 0.5) is 0 Å². The number of carbonyl (C=O) groups is 1. The van der Waals surface area contributed by atoms with Crippen LogP contribution in [0.5, 0.6) is 0 Å². The Morgan fingerprint density at radius 3 is 2.70 bits per heavy atom. The second-order valence-corrected chi connectivity index (χ2v) is 6.31. The number of nitrogens with one attached hydrogen (secondary N) is 1. The van der Waals surface area contributed by atoms with Crippen molar-refractivity contribution in [1.82, 2.24) is 14.8 Å². The van der Waals surface area contributed by atoms with Gasteiger partial charge in [0.2, 0.25) is 0 Å². The molecule has 1 amide bonds. The zero-order valence-electron chi connectivity index (χ0n) is 13.8. The first kappa shape index (κ1) is 15.7. The lowest BCUT2D eigenvalue weighted by Gasteiger charge is -2.15. The number of carbonyl (C=O) groups excluding carboxylic acids is 1. The fraction of sp³-hybridized carbons (Fsp3) is 0.444. The van der Waals surface area contributed by atoms with Crippen molar-refractivity contribution < 1.29 is 4.79 Å². The maximum atomic E-state index is 12.6. The van der Waals surface area contributed by atoms with E-state index in [9.17, 15) is 9.59 Å². The van der Waals surface area contributed by atoms with Crippen LogP contribution in [0, 0.1) is 6.92 Å². The normalized spacial score (nSPS) is 15.2. The number of hydrogen-bond donors (Lipinski definition) is 1. The molecule has 0 spiro atoms. The SMILES string of the molecule is Cc1ccc2c(=O)n(C)cc(C(=O)NCCN3CCCC3)c2c1. The van der Waals surface area contributed by atoms with E-state index in [1.54, 1.807) is 19.3 Å². The number of pyridine rings is 1. The molecule has 0 unspecified atom stereocenters. The van der Waals surface area contributed by atoms with Crippen molar-refractivity contribution in [1.29, 1.82) is 0 Å². The molecule has 2 aromatic rings. The summed E-state index contributed by atoms with van der Waals surface area (Å²) in [7, 11) is 1.68. The summed E-state index contributed by atoms with van der Waals surface area (Å²) in [4.78, 5) is 27.2. The van der Waals surface area contributed by atoms with Crippen molar-refractivity contribution >= 4 is 16.7 Å². The minimum atomic E-state index is -0.115. The Morgan fingerprint density at radius 2 is 1.96 bits per heavy atom. The maximum Gasteiger partial charge on any atom is 0.258 e. The van der Waals surface area contributed by atoms with Gasteiger partial charge in [-0.05, 0) is 38.9 Å². The van der Waals surface area contributed by atoms with E-state index in [-0.39, 0.29) is 11.5 Å². The maximum absolute atomic E-state index is 12.6. The number of hydrogen-bond acceptors (Lipinski definition) is 3. The summed E-state index contributed by atoms with van der Waals surface area (Å²) < 4.78 is 1.48. The Morgan fingerprint density at radius 1 is 1.22 bits per heavy atom. The molecule has 23 heavy (non-hydrogen) atoms. The average Bonchev–Trinajstić information content (AvgIpc) is 3.04. The Hall–Kier alpha value is -2.14. The van der Waals surface area contributed by atoms with E-state index in [1.807, 2.05) is 19.1 Å². The van der Waals surface area contributed by atoms with Gasteiger partial charge in [-0.1, -0.05) is 17.7 Å². The van der Waals surface area contributed by atoms with Crippen molar-refractivity contribution in [3.63, 3.8) is 0 Å². The van der Waals surface area contributed by atoms with Gasteiger partial charge in [-0.2, -0.15) is 0 Å². The number of fused-ring (bicyclic) bond motifs is 1. The van der Waals surface area contributed by atoms with Crippen LogP contribution < -0.4 is 10.9 Å². The molecule has 0 atom stereocenters. The van der Waals surface area contributed by atoms with E-state index >= 15 is 0 Å². The molecular weight excluding hydrogens is 290 g/mol. The fourth-order valence-corrected chi connectivity index (χ4v) is 3.19. The summed E-state index contributed by atoms with van der Waals surface area (Å²) in [5.41, 5.74) is 1.53. The number of amides is 1. The van der Waals surface area contributed by atoms with Crippen molar-refractivity contribution in [3.8, 4) is 0 Å². The second-order valence-electron chi connectivity index (χ2n) is 6.31. The molecule has 1 aromatic carbocycles. The van der Waals surface area contributed by atoms with Gasteiger partial charge in [0.05, 0.1) is 5.56 Å². The molecule has 0 aliphatic carbocycles. The number of aromatic nitrogens is 1. The van der Waals surface area contributed by atoms with Gasteiger partial charge in [-0.3, -0.25) is 9.59 Å². The lowest BCUT2D eigenvalue weighted by Crippen LogP contribution is -2.34. The molecule has 1 saturated heterocycles. The van der Waals surface area contributed by atoms with Gasteiger partial charge in [-0.25, -0.2) is 0 Å². The molecule has 1 aromatic heterocycles. The third-order valence-corrected chi connectivity index (χ3v) is 4.50. The first-order valence-electron chi connectivity index (χ1n) is 8.17. The van der Waals surface area contributed by atoms with E-state index in [0.29, 0.717) is 17.5 Å². The van der Waals surface area contributed by atoms with Gasteiger partial charge in [0.25, 0.3) is 11.5 Å². The molecule has 1 aliphatic heterocycles. The quantitative estimate of drug-likeness (QED) is 0.934. The minimum absolute atomic E-state index is 0.0754. The summed E-state index contributed by atoms with van der Waals surface area (Å²) >= 11 is 0. The van der Waals surface area contributed by atoms with E-state index in [0.717, 1.165) is 30.6 Å². The highest BCUT2D eigenvalue weighted by Crippen LogP contribution is 2.17. The lowest BCUT2D eigenvalue weighted by atomic mass is 10.0. The zero-order chi connectivity index (χ0) is 16.4. The topological polar surface area (TPSA) is 54.3 Å². The smallest absolute Gasteiger partial charge is 0.258 e. The van der Waals surface area contributed by atoms with Crippen LogP contribution in [0.15, 0.2) is 29.2 Å². The van der Waals surface area contributed by atoms with Crippen LogP contribution in [0.25, 0.3) is 10.8 Å². The highest BCUT2D eigenvalue weighted by Gasteiger charge is 2.15. The molecule has 0 bridgehead atoms. The number of benzene rings is 1. The van der Waals surface area contributed by atoms with Crippen LogP contribution in [0.3, 0.4) is 0 Å². The third-order valence-electron chi connectivity index (χ3n) is 4.50. The van der Waals surface area contributed by atoms with E-state index in [4.69, 9.17) is 0 Å². The molecule has 0 radical (unpaired) electrons. The monoisotopic (exact) mass is 313 g/mol.